The Bertz CT molecular complexity index is 1440. The van der Waals surface area contributed by atoms with E-state index in [2.05, 4.69) is 6.07 Å². The lowest BCUT2D eigenvalue weighted by Gasteiger charge is -2.15. The van der Waals surface area contributed by atoms with Crippen molar-refractivity contribution in [3.63, 3.8) is 0 Å². The molecule has 6 heteroatoms. The predicted molar refractivity (Wildman–Crippen MR) is 126 cm³/mol. The molecular weight excluding hydrogens is 416 g/mol. The van der Waals surface area contributed by atoms with Crippen molar-refractivity contribution in [3.8, 4) is 22.9 Å². The number of fused-ring (bicyclic) bond motifs is 3. The zero-order valence-corrected chi connectivity index (χ0v) is 18.8. The number of benzene rings is 1. The molecule has 0 saturated carbocycles. The summed E-state index contributed by atoms with van der Waals surface area (Å²) in [6, 6.07) is 19.6. The van der Waals surface area contributed by atoms with Crippen LogP contribution in [-0.4, -0.2) is 30.7 Å². The molecule has 1 heterocycles. The zero-order valence-electron chi connectivity index (χ0n) is 18.8. The Morgan fingerprint density at radius 2 is 1.58 bits per heavy atom. The SMILES string of the molecule is COC(=O)C=C(C(=O)OC)c1c2c(C#N)c3cccccc-3c2c(C)n1-c1ccc(C)cc1. The highest BCUT2D eigenvalue weighted by Crippen LogP contribution is 2.46. The third-order valence-electron chi connectivity index (χ3n) is 5.76. The molecule has 2 aromatic rings. The Hall–Kier alpha value is -4.37. The second-order valence-electron chi connectivity index (χ2n) is 7.65. The van der Waals surface area contributed by atoms with Gasteiger partial charge in [-0.15, -0.1) is 0 Å². The van der Waals surface area contributed by atoms with Crippen molar-refractivity contribution >= 4 is 28.3 Å². The van der Waals surface area contributed by atoms with E-state index in [4.69, 9.17) is 9.47 Å². The second kappa shape index (κ2) is 8.64. The van der Waals surface area contributed by atoms with Crippen LogP contribution in [0.5, 0.6) is 0 Å². The number of carbonyl (C=O) groups is 2. The van der Waals surface area contributed by atoms with Crippen molar-refractivity contribution in [1.82, 2.24) is 4.57 Å². The van der Waals surface area contributed by atoms with Gasteiger partial charge in [0, 0.05) is 33.8 Å². The molecule has 2 aliphatic rings. The molecule has 0 radical (unpaired) electrons. The van der Waals surface area contributed by atoms with Crippen molar-refractivity contribution in [3.05, 3.63) is 83.2 Å². The Balaban J connectivity index is 2.26. The molecule has 0 N–H and O–H groups in total. The maximum absolute atomic E-state index is 12.9. The molecule has 1 aromatic heterocycles. The summed E-state index contributed by atoms with van der Waals surface area (Å²) in [6.45, 7) is 3.92. The van der Waals surface area contributed by atoms with Gasteiger partial charge >= 0.3 is 11.9 Å². The van der Waals surface area contributed by atoms with Crippen molar-refractivity contribution in [2.24, 2.45) is 0 Å². The van der Waals surface area contributed by atoms with E-state index in [0.717, 1.165) is 39.5 Å². The molecule has 0 aliphatic heterocycles. The lowest BCUT2D eigenvalue weighted by atomic mass is 10.1. The summed E-state index contributed by atoms with van der Waals surface area (Å²) in [4.78, 5) is 25.2. The molecule has 4 rings (SSSR count). The van der Waals surface area contributed by atoms with Crippen LogP contribution in [0.2, 0.25) is 0 Å². The first kappa shape index (κ1) is 21.8. The minimum Gasteiger partial charge on any atom is -0.466 e. The molecule has 0 fully saturated rings. The van der Waals surface area contributed by atoms with E-state index in [1.165, 1.54) is 14.2 Å². The third kappa shape index (κ3) is 3.54. The fraction of sp³-hybridized carbons (Fsp3) is 0.148. The second-order valence-corrected chi connectivity index (χ2v) is 7.65. The average molecular weight is 438 g/mol. The van der Waals surface area contributed by atoms with Gasteiger partial charge in [0.05, 0.1) is 31.1 Å². The summed E-state index contributed by atoms with van der Waals surface area (Å²) in [5.41, 5.74) is 5.23. The van der Waals surface area contributed by atoms with Crippen molar-refractivity contribution < 1.29 is 19.1 Å². The molecule has 2 aliphatic carbocycles. The topological polar surface area (TPSA) is 81.3 Å². The summed E-state index contributed by atoms with van der Waals surface area (Å²) in [5.74, 6) is -1.40. The van der Waals surface area contributed by atoms with Gasteiger partial charge in [-0.25, -0.2) is 9.59 Å². The number of aromatic nitrogens is 1. The van der Waals surface area contributed by atoms with Crippen LogP contribution in [0.4, 0.5) is 0 Å². The number of rotatable bonds is 4. The van der Waals surface area contributed by atoms with E-state index in [0.29, 0.717) is 16.6 Å². The average Bonchev–Trinajstić information content (AvgIpc) is 3.16. The first-order valence-corrected chi connectivity index (χ1v) is 10.3. The molecule has 0 bridgehead atoms. The maximum atomic E-state index is 12.9. The Labute approximate surface area is 191 Å². The van der Waals surface area contributed by atoms with Gasteiger partial charge in [0.15, 0.2) is 0 Å². The number of nitriles is 1. The van der Waals surface area contributed by atoms with Gasteiger partial charge in [0.2, 0.25) is 0 Å². The molecule has 33 heavy (non-hydrogen) atoms. The van der Waals surface area contributed by atoms with Gasteiger partial charge in [-0.2, -0.15) is 5.26 Å². The minimum atomic E-state index is -0.701. The Kier molecular flexibility index (Phi) is 5.72. The van der Waals surface area contributed by atoms with Crippen LogP contribution in [0.3, 0.4) is 0 Å². The van der Waals surface area contributed by atoms with Gasteiger partial charge in [-0.05, 0) is 31.5 Å². The molecule has 6 nitrogen and oxygen atoms in total. The van der Waals surface area contributed by atoms with Crippen molar-refractivity contribution in [2.75, 3.05) is 14.2 Å². The highest BCUT2D eigenvalue weighted by Gasteiger charge is 2.31. The van der Waals surface area contributed by atoms with Crippen LogP contribution in [-0.2, 0) is 19.1 Å². The van der Waals surface area contributed by atoms with Gasteiger partial charge in [0.25, 0.3) is 0 Å². The highest BCUT2D eigenvalue weighted by atomic mass is 16.5. The third-order valence-corrected chi connectivity index (χ3v) is 5.76. The summed E-state index contributed by atoms with van der Waals surface area (Å²) in [5, 5.41) is 11.6. The Morgan fingerprint density at radius 1 is 0.909 bits per heavy atom. The monoisotopic (exact) mass is 438 g/mol. The standard InChI is InChI=1S/C27H22N2O4/c1-16-10-12-18(13-11-16)29-17(2)24-20-9-7-5-6-8-19(20)22(15-28)25(24)26(29)21(27(31)33-4)14-23(30)32-3/h5-14H,1-4H3. The number of esters is 2. The van der Waals surface area contributed by atoms with Crippen molar-refractivity contribution in [1.29, 1.82) is 5.26 Å². The van der Waals surface area contributed by atoms with Gasteiger partial charge < -0.3 is 14.0 Å². The number of methoxy groups -OCH3 is 2. The van der Waals surface area contributed by atoms with E-state index in [9.17, 15) is 14.9 Å². The fourth-order valence-corrected chi connectivity index (χ4v) is 4.28. The van der Waals surface area contributed by atoms with E-state index in [1.807, 2.05) is 73.0 Å². The van der Waals surface area contributed by atoms with E-state index >= 15 is 0 Å². The lowest BCUT2D eigenvalue weighted by Crippen LogP contribution is -2.12. The van der Waals surface area contributed by atoms with Crippen LogP contribution in [0.15, 0.2) is 60.7 Å². The van der Waals surface area contributed by atoms with Crippen LogP contribution < -0.4 is 0 Å². The molecule has 1 aromatic carbocycles. The van der Waals surface area contributed by atoms with Crippen LogP contribution >= 0.6 is 0 Å². The van der Waals surface area contributed by atoms with E-state index in [-0.39, 0.29) is 5.57 Å². The smallest absolute Gasteiger partial charge is 0.340 e. The fourth-order valence-electron chi connectivity index (χ4n) is 4.28. The lowest BCUT2D eigenvalue weighted by molar-refractivity contribution is -0.136. The Morgan fingerprint density at radius 3 is 2.18 bits per heavy atom. The molecule has 0 saturated heterocycles. The first-order valence-electron chi connectivity index (χ1n) is 10.3. The van der Waals surface area contributed by atoms with Crippen LogP contribution in [0.1, 0.15) is 22.5 Å². The van der Waals surface area contributed by atoms with Crippen LogP contribution in [0, 0.1) is 25.2 Å². The van der Waals surface area contributed by atoms with E-state index < -0.39 is 11.9 Å². The van der Waals surface area contributed by atoms with Gasteiger partial charge in [0.1, 0.15) is 6.07 Å². The first-order chi connectivity index (χ1) is 15.9. The maximum Gasteiger partial charge on any atom is 0.340 e. The molecule has 0 unspecified atom stereocenters. The normalized spacial score (nSPS) is 11.4. The van der Waals surface area contributed by atoms with Crippen molar-refractivity contribution in [2.45, 2.75) is 13.8 Å². The summed E-state index contributed by atoms with van der Waals surface area (Å²) < 4.78 is 11.7. The number of carbonyl (C=O) groups excluding carboxylic acids is 2. The number of hydrogen-bond acceptors (Lipinski definition) is 5. The molecular formula is C27H22N2O4. The molecule has 164 valence electrons. The molecule has 0 amide bonds. The number of nitrogens with zero attached hydrogens (tertiary/aromatic N) is 2. The van der Waals surface area contributed by atoms with Crippen LogP contribution in [0.25, 0.3) is 33.2 Å². The summed E-state index contributed by atoms with van der Waals surface area (Å²) in [7, 11) is 2.49. The van der Waals surface area contributed by atoms with E-state index in [1.54, 1.807) is 0 Å². The number of hydrogen-bond donors (Lipinski definition) is 0. The summed E-state index contributed by atoms with van der Waals surface area (Å²) in [6.07, 6.45) is 1.11. The van der Waals surface area contributed by atoms with Gasteiger partial charge in [-0.3, -0.25) is 0 Å². The van der Waals surface area contributed by atoms with Gasteiger partial charge in [-0.1, -0.05) is 48.0 Å². The summed E-state index contributed by atoms with van der Waals surface area (Å²) >= 11 is 0. The predicted octanol–water partition coefficient (Wildman–Crippen LogP) is 4.95. The largest absolute Gasteiger partial charge is 0.466 e. The molecule has 0 spiro atoms. The molecule has 0 atom stereocenters. The highest BCUT2D eigenvalue weighted by molar-refractivity contribution is 6.26. The number of aryl methyl sites for hydroxylation is 2. The number of ether oxygens (including phenoxy) is 2. The minimum absolute atomic E-state index is 0.0132. The quantitative estimate of drug-likeness (QED) is 0.333. The zero-order chi connectivity index (χ0) is 23.7.